The number of hydrogen-bond acceptors (Lipinski definition) is 7. The van der Waals surface area contributed by atoms with E-state index >= 15 is 0 Å². The van der Waals surface area contributed by atoms with Gasteiger partial charge in [0, 0.05) is 6.20 Å². The summed E-state index contributed by atoms with van der Waals surface area (Å²) in [7, 11) is 1.26. The van der Waals surface area contributed by atoms with Gasteiger partial charge < -0.3 is 15.3 Å². The van der Waals surface area contributed by atoms with Gasteiger partial charge in [-0.05, 0) is 19.1 Å². The molecule has 0 bridgehead atoms. The summed E-state index contributed by atoms with van der Waals surface area (Å²) in [6.07, 6.45) is 0.752. The predicted molar refractivity (Wildman–Crippen MR) is 57.8 cm³/mol. The minimum Gasteiger partial charge on any atom is -0.465 e. The zero-order chi connectivity index (χ0) is 12.8. The number of esters is 1. The van der Waals surface area contributed by atoms with Crippen molar-refractivity contribution in [3.63, 3.8) is 0 Å². The number of carbonyl (C=O) groups is 2. The lowest BCUT2D eigenvalue weighted by Crippen LogP contribution is -2.36. The van der Waals surface area contributed by atoms with Gasteiger partial charge >= 0.3 is 11.9 Å². The number of nitrogens with two attached hydrogens (primary N) is 1. The third-order valence-electron chi connectivity index (χ3n) is 1.73. The number of nitrogens with one attached hydrogen (secondary N) is 1. The Kier molecular flexibility index (Phi) is 4.56. The standard InChI is InChI=1S/C10H13N3O4/c1-6(11)13-17-10(15)8-4-3-7(5-12-8)9(14)16-2/h3-6,13H,11H2,1-2H3. The monoisotopic (exact) mass is 239 g/mol. The van der Waals surface area contributed by atoms with Crippen molar-refractivity contribution in [1.29, 1.82) is 0 Å². The first-order valence-corrected chi connectivity index (χ1v) is 4.81. The smallest absolute Gasteiger partial charge is 0.375 e. The molecule has 1 atom stereocenters. The Labute approximate surface area is 97.9 Å². The molecular formula is C10H13N3O4. The van der Waals surface area contributed by atoms with Crippen molar-refractivity contribution in [2.75, 3.05) is 7.11 Å². The maximum Gasteiger partial charge on any atom is 0.375 e. The average Bonchev–Trinajstić information content (AvgIpc) is 2.35. The molecule has 0 radical (unpaired) electrons. The summed E-state index contributed by atoms with van der Waals surface area (Å²) in [5, 5.41) is 0. The number of carbonyl (C=O) groups excluding carboxylic acids is 2. The Bertz CT molecular complexity index is 403. The molecular weight excluding hydrogens is 226 g/mol. The van der Waals surface area contributed by atoms with Gasteiger partial charge in [0.1, 0.15) is 5.69 Å². The lowest BCUT2D eigenvalue weighted by atomic mass is 10.2. The molecule has 0 fully saturated rings. The van der Waals surface area contributed by atoms with E-state index in [-0.39, 0.29) is 11.3 Å². The van der Waals surface area contributed by atoms with E-state index in [2.05, 4.69) is 20.0 Å². The van der Waals surface area contributed by atoms with Gasteiger partial charge in [-0.1, -0.05) is 0 Å². The molecule has 1 aromatic rings. The van der Waals surface area contributed by atoms with E-state index in [4.69, 9.17) is 5.73 Å². The third-order valence-corrected chi connectivity index (χ3v) is 1.73. The number of aromatic nitrogens is 1. The van der Waals surface area contributed by atoms with Gasteiger partial charge in [-0.15, -0.1) is 5.48 Å². The first-order chi connectivity index (χ1) is 8.04. The van der Waals surface area contributed by atoms with Crippen LogP contribution in [0.5, 0.6) is 0 Å². The van der Waals surface area contributed by atoms with E-state index in [1.54, 1.807) is 6.92 Å². The number of methoxy groups -OCH3 is 1. The Balaban J connectivity index is 2.67. The maximum absolute atomic E-state index is 11.4. The zero-order valence-corrected chi connectivity index (χ0v) is 9.47. The van der Waals surface area contributed by atoms with Gasteiger partial charge in [-0.2, -0.15) is 0 Å². The minimum atomic E-state index is -0.682. The number of ether oxygens (including phenoxy) is 1. The number of nitrogens with zero attached hydrogens (tertiary/aromatic N) is 1. The predicted octanol–water partition coefficient (Wildman–Crippen LogP) is -0.166. The van der Waals surface area contributed by atoms with Gasteiger partial charge in [0.2, 0.25) is 0 Å². The fourth-order valence-electron chi connectivity index (χ4n) is 0.952. The summed E-state index contributed by atoms with van der Waals surface area (Å²) in [6.45, 7) is 1.61. The van der Waals surface area contributed by atoms with Crippen molar-refractivity contribution in [3.8, 4) is 0 Å². The van der Waals surface area contributed by atoms with Crippen LogP contribution in [0.1, 0.15) is 27.8 Å². The fraction of sp³-hybridized carbons (Fsp3) is 0.300. The number of hydroxylamine groups is 1. The molecule has 0 saturated heterocycles. The molecule has 3 N–H and O–H groups in total. The Hall–Kier alpha value is -1.99. The molecule has 0 amide bonds. The topological polar surface area (TPSA) is 104 Å². The molecule has 0 spiro atoms. The molecule has 1 rings (SSSR count). The molecule has 0 aliphatic carbocycles. The van der Waals surface area contributed by atoms with Crippen molar-refractivity contribution in [2.24, 2.45) is 5.73 Å². The van der Waals surface area contributed by atoms with E-state index in [1.807, 2.05) is 0 Å². The average molecular weight is 239 g/mol. The first kappa shape index (κ1) is 13.1. The van der Waals surface area contributed by atoms with Gasteiger partial charge in [0.15, 0.2) is 0 Å². The van der Waals surface area contributed by atoms with Crippen LogP contribution < -0.4 is 11.2 Å². The Morgan fingerprint density at radius 3 is 2.59 bits per heavy atom. The van der Waals surface area contributed by atoms with Crippen molar-refractivity contribution >= 4 is 11.9 Å². The second-order valence-corrected chi connectivity index (χ2v) is 3.22. The van der Waals surface area contributed by atoms with E-state index in [9.17, 15) is 9.59 Å². The van der Waals surface area contributed by atoms with Crippen molar-refractivity contribution in [3.05, 3.63) is 29.6 Å². The SMILES string of the molecule is COC(=O)c1ccc(C(=O)ONC(C)N)nc1. The molecule has 92 valence electrons. The van der Waals surface area contributed by atoms with Crippen LogP contribution in [0.15, 0.2) is 18.3 Å². The Morgan fingerprint density at radius 2 is 2.12 bits per heavy atom. The highest BCUT2D eigenvalue weighted by Crippen LogP contribution is 2.03. The van der Waals surface area contributed by atoms with E-state index in [0.717, 1.165) is 0 Å². The maximum atomic E-state index is 11.4. The van der Waals surface area contributed by atoms with Crippen LogP contribution in [0.4, 0.5) is 0 Å². The molecule has 1 heterocycles. The highest BCUT2D eigenvalue weighted by molar-refractivity contribution is 5.91. The molecule has 0 aromatic carbocycles. The normalized spacial score (nSPS) is 11.7. The summed E-state index contributed by atoms with van der Waals surface area (Å²) in [4.78, 5) is 30.9. The summed E-state index contributed by atoms with van der Waals surface area (Å²) in [6, 6.07) is 2.78. The van der Waals surface area contributed by atoms with Gasteiger partial charge in [-0.3, -0.25) is 0 Å². The molecule has 1 aromatic heterocycles. The van der Waals surface area contributed by atoms with E-state index in [0.29, 0.717) is 0 Å². The van der Waals surface area contributed by atoms with Crippen molar-refractivity contribution in [2.45, 2.75) is 13.1 Å². The summed E-state index contributed by atoms with van der Waals surface area (Å²) in [5.74, 6) is -1.20. The van der Waals surface area contributed by atoms with Crippen molar-refractivity contribution in [1.82, 2.24) is 10.5 Å². The van der Waals surface area contributed by atoms with Crippen LogP contribution in [0, 0.1) is 0 Å². The lowest BCUT2D eigenvalue weighted by Gasteiger charge is -2.07. The summed E-state index contributed by atoms with van der Waals surface area (Å²) < 4.78 is 4.49. The Morgan fingerprint density at radius 1 is 1.41 bits per heavy atom. The first-order valence-electron chi connectivity index (χ1n) is 4.81. The highest BCUT2D eigenvalue weighted by atomic mass is 16.7. The number of hydrogen-bond donors (Lipinski definition) is 2. The third kappa shape index (κ3) is 3.82. The van der Waals surface area contributed by atoms with Crippen LogP contribution in [-0.4, -0.2) is 30.2 Å². The summed E-state index contributed by atoms with van der Waals surface area (Å²) >= 11 is 0. The molecule has 0 saturated carbocycles. The van der Waals surface area contributed by atoms with Crippen LogP contribution >= 0.6 is 0 Å². The molecule has 0 aliphatic rings. The molecule has 1 unspecified atom stereocenters. The van der Waals surface area contributed by atoms with Crippen LogP contribution in [0.25, 0.3) is 0 Å². The number of rotatable bonds is 4. The van der Waals surface area contributed by atoms with E-state index < -0.39 is 18.1 Å². The van der Waals surface area contributed by atoms with E-state index in [1.165, 1.54) is 25.4 Å². The van der Waals surface area contributed by atoms with Gasteiger partial charge in [0.05, 0.1) is 18.8 Å². The second-order valence-electron chi connectivity index (χ2n) is 3.22. The highest BCUT2D eigenvalue weighted by Gasteiger charge is 2.12. The van der Waals surface area contributed by atoms with Crippen LogP contribution in [0.3, 0.4) is 0 Å². The molecule has 7 nitrogen and oxygen atoms in total. The summed E-state index contributed by atoms with van der Waals surface area (Å²) in [5.41, 5.74) is 7.93. The fourth-order valence-corrected chi connectivity index (χ4v) is 0.952. The van der Waals surface area contributed by atoms with Gasteiger partial charge in [0.25, 0.3) is 0 Å². The molecule has 0 aliphatic heterocycles. The minimum absolute atomic E-state index is 0.0609. The zero-order valence-electron chi connectivity index (χ0n) is 9.47. The number of pyridine rings is 1. The van der Waals surface area contributed by atoms with Crippen molar-refractivity contribution < 1.29 is 19.2 Å². The van der Waals surface area contributed by atoms with Gasteiger partial charge in [-0.25, -0.2) is 14.6 Å². The largest absolute Gasteiger partial charge is 0.465 e. The quantitative estimate of drug-likeness (QED) is 0.427. The second kappa shape index (κ2) is 5.92. The molecule has 17 heavy (non-hydrogen) atoms. The van der Waals surface area contributed by atoms with Crippen LogP contribution in [0.2, 0.25) is 0 Å². The lowest BCUT2D eigenvalue weighted by molar-refractivity contribution is 0.0169. The molecule has 7 heteroatoms. The van der Waals surface area contributed by atoms with Crippen LogP contribution in [-0.2, 0) is 9.57 Å².